The molecule has 0 saturated carbocycles. The molecule has 0 atom stereocenters. The van der Waals surface area contributed by atoms with Crippen LogP contribution in [-0.2, 0) is 4.74 Å². The maximum absolute atomic E-state index is 13.6. The fraction of sp³-hybridized carbons (Fsp3) is 0.467. The number of nitrogens with one attached hydrogen (secondary N) is 2. The highest BCUT2D eigenvalue weighted by Gasteiger charge is 2.24. The van der Waals surface area contributed by atoms with Gasteiger partial charge in [-0.3, -0.25) is 0 Å². The van der Waals surface area contributed by atoms with E-state index < -0.39 is 11.8 Å². The summed E-state index contributed by atoms with van der Waals surface area (Å²) < 4.78 is 18.6. The Labute approximate surface area is 138 Å². The van der Waals surface area contributed by atoms with Gasteiger partial charge in [-0.15, -0.1) is 0 Å². The van der Waals surface area contributed by atoms with Crippen molar-refractivity contribution < 1.29 is 18.7 Å². The maximum Gasteiger partial charge on any atom is 0.409 e. The van der Waals surface area contributed by atoms with Crippen LogP contribution in [0, 0.1) is 5.82 Å². The second-order valence-corrected chi connectivity index (χ2v) is 5.56. The van der Waals surface area contributed by atoms with Crippen LogP contribution in [-0.4, -0.2) is 42.8 Å². The number of hydrogen-bond donors (Lipinski definition) is 2. The van der Waals surface area contributed by atoms with Crippen molar-refractivity contribution in [2.24, 2.45) is 0 Å². The van der Waals surface area contributed by atoms with Crippen molar-refractivity contribution in [1.82, 2.24) is 10.2 Å². The molecular weight excluding hydrogens is 325 g/mol. The molecule has 0 aromatic heterocycles. The zero-order chi connectivity index (χ0) is 16.8. The van der Waals surface area contributed by atoms with Crippen molar-refractivity contribution in [3.63, 3.8) is 0 Å². The quantitative estimate of drug-likeness (QED) is 0.885. The first kappa shape index (κ1) is 17.3. The molecule has 23 heavy (non-hydrogen) atoms. The van der Waals surface area contributed by atoms with Crippen molar-refractivity contribution >= 4 is 29.4 Å². The van der Waals surface area contributed by atoms with Gasteiger partial charge in [0.1, 0.15) is 5.82 Å². The average Bonchev–Trinajstić information content (AvgIpc) is 2.52. The van der Waals surface area contributed by atoms with Gasteiger partial charge in [-0.25, -0.2) is 14.0 Å². The summed E-state index contributed by atoms with van der Waals surface area (Å²) in [5, 5.41) is 5.31. The van der Waals surface area contributed by atoms with Gasteiger partial charge >= 0.3 is 12.1 Å². The number of rotatable bonds is 3. The Balaban J connectivity index is 1.82. The number of likely N-dealkylation sites (tertiary alicyclic amines) is 1. The fourth-order valence-electron chi connectivity index (χ4n) is 2.37. The summed E-state index contributed by atoms with van der Waals surface area (Å²) in [5.41, 5.74) is -0.0457. The number of amides is 3. The second kappa shape index (κ2) is 8.01. The highest BCUT2D eigenvalue weighted by molar-refractivity contribution is 6.33. The first-order valence-electron chi connectivity index (χ1n) is 7.44. The van der Waals surface area contributed by atoms with Gasteiger partial charge in [0.15, 0.2) is 0 Å². The Kier molecular flexibility index (Phi) is 6.04. The Hall–Kier alpha value is -2.02. The fourth-order valence-corrected chi connectivity index (χ4v) is 2.58. The molecule has 0 bridgehead atoms. The molecule has 8 heteroatoms. The van der Waals surface area contributed by atoms with E-state index in [0.717, 1.165) is 0 Å². The predicted molar refractivity (Wildman–Crippen MR) is 85.2 cm³/mol. The number of hydrogen-bond acceptors (Lipinski definition) is 3. The summed E-state index contributed by atoms with van der Waals surface area (Å²) in [6, 6.07) is 3.57. The van der Waals surface area contributed by atoms with E-state index in [1.807, 2.05) is 0 Å². The van der Waals surface area contributed by atoms with E-state index in [4.69, 9.17) is 16.3 Å². The zero-order valence-corrected chi connectivity index (χ0v) is 13.5. The molecule has 1 aliphatic heterocycles. The number of carbonyl (C=O) groups is 2. The van der Waals surface area contributed by atoms with E-state index in [1.54, 1.807) is 11.8 Å². The number of urea groups is 1. The molecule has 126 valence electrons. The van der Waals surface area contributed by atoms with E-state index in [9.17, 15) is 14.0 Å². The predicted octanol–water partition coefficient (Wildman–Crippen LogP) is 3.22. The number of para-hydroxylation sites is 1. The van der Waals surface area contributed by atoms with Gasteiger partial charge in [-0.2, -0.15) is 0 Å². The number of benzene rings is 1. The molecule has 2 rings (SSSR count). The topological polar surface area (TPSA) is 70.7 Å². The first-order valence-corrected chi connectivity index (χ1v) is 7.82. The van der Waals surface area contributed by atoms with Gasteiger partial charge in [0.2, 0.25) is 0 Å². The molecular formula is C15H19ClFN3O3. The monoisotopic (exact) mass is 343 g/mol. The molecule has 1 aromatic rings. The third-order valence-electron chi connectivity index (χ3n) is 3.56. The van der Waals surface area contributed by atoms with Gasteiger partial charge < -0.3 is 20.3 Å². The lowest BCUT2D eigenvalue weighted by molar-refractivity contribution is 0.0959. The lowest BCUT2D eigenvalue weighted by Crippen LogP contribution is -2.47. The molecule has 1 heterocycles. The summed E-state index contributed by atoms with van der Waals surface area (Å²) in [6.45, 7) is 3.10. The van der Waals surface area contributed by atoms with Crippen molar-refractivity contribution in [3.8, 4) is 0 Å². The molecule has 2 N–H and O–H groups in total. The molecule has 0 unspecified atom stereocenters. The van der Waals surface area contributed by atoms with Gasteiger partial charge in [-0.1, -0.05) is 17.7 Å². The third-order valence-corrected chi connectivity index (χ3v) is 3.87. The van der Waals surface area contributed by atoms with Crippen LogP contribution in [0.1, 0.15) is 19.8 Å². The van der Waals surface area contributed by atoms with E-state index in [0.29, 0.717) is 32.5 Å². The number of halogens is 2. The molecule has 1 saturated heterocycles. The lowest BCUT2D eigenvalue weighted by atomic mass is 10.1. The van der Waals surface area contributed by atoms with E-state index >= 15 is 0 Å². The van der Waals surface area contributed by atoms with Crippen molar-refractivity contribution in [3.05, 3.63) is 29.0 Å². The average molecular weight is 344 g/mol. The number of piperidine rings is 1. The van der Waals surface area contributed by atoms with Gasteiger partial charge in [0.05, 0.1) is 17.3 Å². The van der Waals surface area contributed by atoms with Crippen LogP contribution in [0.4, 0.5) is 19.7 Å². The van der Waals surface area contributed by atoms with Crippen LogP contribution >= 0.6 is 11.6 Å². The minimum absolute atomic E-state index is 0.0457. The summed E-state index contributed by atoms with van der Waals surface area (Å²) >= 11 is 5.86. The molecule has 0 aliphatic carbocycles. The number of nitrogens with zero attached hydrogens (tertiary/aromatic N) is 1. The van der Waals surface area contributed by atoms with Crippen LogP contribution in [0.15, 0.2) is 18.2 Å². The minimum Gasteiger partial charge on any atom is -0.450 e. The molecule has 1 fully saturated rings. The van der Waals surface area contributed by atoms with Crippen LogP contribution in [0.25, 0.3) is 0 Å². The second-order valence-electron chi connectivity index (χ2n) is 5.16. The van der Waals surface area contributed by atoms with Gasteiger partial charge in [0.25, 0.3) is 0 Å². The van der Waals surface area contributed by atoms with Crippen LogP contribution < -0.4 is 10.6 Å². The van der Waals surface area contributed by atoms with Crippen molar-refractivity contribution in [1.29, 1.82) is 0 Å². The van der Waals surface area contributed by atoms with Crippen LogP contribution in [0.5, 0.6) is 0 Å². The van der Waals surface area contributed by atoms with Gasteiger partial charge in [0, 0.05) is 19.1 Å². The van der Waals surface area contributed by atoms with E-state index in [-0.39, 0.29) is 22.8 Å². The smallest absolute Gasteiger partial charge is 0.409 e. The molecule has 3 amide bonds. The zero-order valence-electron chi connectivity index (χ0n) is 12.8. The standard InChI is InChI=1S/C15H19ClFN3O3/c1-2-23-15(22)20-8-6-10(7-9-20)18-14(21)19-13-11(16)4-3-5-12(13)17/h3-5,10H,2,6-9H2,1H3,(H2,18,19,21). The third kappa shape index (κ3) is 4.72. The molecule has 0 spiro atoms. The Morgan fingerprint density at radius 2 is 2.09 bits per heavy atom. The highest BCUT2D eigenvalue weighted by Crippen LogP contribution is 2.24. The lowest BCUT2D eigenvalue weighted by Gasteiger charge is -2.31. The summed E-state index contributed by atoms with van der Waals surface area (Å²) in [5.74, 6) is -0.593. The number of anilines is 1. The largest absolute Gasteiger partial charge is 0.450 e. The molecule has 0 radical (unpaired) electrons. The Bertz CT molecular complexity index is 557. The first-order chi connectivity index (χ1) is 11.0. The summed E-state index contributed by atoms with van der Waals surface area (Å²) in [6.07, 6.45) is 0.877. The van der Waals surface area contributed by atoms with Crippen LogP contribution in [0.3, 0.4) is 0 Å². The van der Waals surface area contributed by atoms with E-state index in [1.165, 1.54) is 18.2 Å². The Morgan fingerprint density at radius 3 is 2.70 bits per heavy atom. The molecule has 1 aromatic carbocycles. The Morgan fingerprint density at radius 1 is 1.39 bits per heavy atom. The van der Waals surface area contributed by atoms with Crippen molar-refractivity contribution in [2.45, 2.75) is 25.8 Å². The molecule has 1 aliphatic rings. The van der Waals surface area contributed by atoms with Crippen molar-refractivity contribution in [2.75, 3.05) is 25.0 Å². The van der Waals surface area contributed by atoms with Crippen LogP contribution in [0.2, 0.25) is 5.02 Å². The molecule has 6 nitrogen and oxygen atoms in total. The normalized spacial score (nSPS) is 15.2. The summed E-state index contributed by atoms with van der Waals surface area (Å²) in [7, 11) is 0. The summed E-state index contributed by atoms with van der Waals surface area (Å²) in [4.78, 5) is 25.1. The van der Waals surface area contributed by atoms with Gasteiger partial charge in [-0.05, 0) is 31.9 Å². The number of ether oxygens (including phenoxy) is 1. The highest BCUT2D eigenvalue weighted by atomic mass is 35.5. The number of carbonyl (C=O) groups excluding carboxylic acids is 2. The minimum atomic E-state index is -0.593. The maximum atomic E-state index is 13.6. The SMILES string of the molecule is CCOC(=O)N1CCC(NC(=O)Nc2c(F)cccc2Cl)CC1. The van der Waals surface area contributed by atoms with E-state index in [2.05, 4.69) is 10.6 Å².